The van der Waals surface area contributed by atoms with E-state index in [4.69, 9.17) is 5.73 Å². The lowest BCUT2D eigenvalue weighted by molar-refractivity contribution is -0.143. The minimum absolute atomic E-state index is 0.0568. The summed E-state index contributed by atoms with van der Waals surface area (Å²) in [7, 11) is 0. The number of H-pyrrole nitrogens is 1. The number of amides is 3. The Hall–Kier alpha value is -2.60. The monoisotopic (exact) mass is 442 g/mol. The number of carboxylic acids is 1. The number of aromatic amines is 1. The van der Waals surface area contributed by atoms with E-state index in [1.807, 2.05) is 6.92 Å². The van der Waals surface area contributed by atoms with Gasteiger partial charge in [0, 0.05) is 24.1 Å². The van der Waals surface area contributed by atoms with Crippen LogP contribution < -0.4 is 21.7 Å². The third kappa shape index (κ3) is 7.67. The molecule has 1 aromatic heterocycles. The van der Waals surface area contributed by atoms with Gasteiger partial charge in [-0.25, -0.2) is 9.78 Å². The fourth-order valence-electron chi connectivity index (χ4n) is 2.53. The Balaban J connectivity index is 2.91. The van der Waals surface area contributed by atoms with Gasteiger partial charge in [-0.2, -0.15) is 12.6 Å². The summed E-state index contributed by atoms with van der Waals surface area (Å²) in [4.78, 5) is 55.5. The number of nitrogens with zero attached hydrogens (tertiary/aromatic N) is 1. The van der Waals surface area contributed by atoms with Gasteiger partial charge in [0.15, 0.2) is 0 Å². The van der Waals surface area contributed by atoms with E-state index in [9.17, 15) is 24.3 Å². The zero-order valence-electron chi connectivity index (χ0n) is 17.2. The number of carbonyl (C=O) groups is 4. The third-order valence-corrected chi connectivity index (χ3v) is 5.07. The fourth-order valence-corrected chi connectivity index (χ4v) is 2.69. The number of imidazole rings is 1. The lowest BCUT2D eigenvalue weighted by Gasteiger charge is -2.25. The predicted octanol–water partition coefficient (Wildman–Crippen LogP) is -1.19. The van der Waals surface area contributed by atoms with Crippen LogP contribution in [-0.2, 0) is 25.6 Å². The van der Waals surface area contributed by atoms with Gasteiger partial charge >= 0.3 is 5.97 Å². The van der Waals surface area contributed by atoms with Crippen LogP contribution in [0.15, 0.2) is 12.5 Å². The second kappa shape index (κ2) is 12.2. The van der Waals surface area contributed by atoms with Gasteiger partial charge in [-0.15, -0.1) is 0 Å². The molecule has 0 aromatic carbocycles. The SMILES string of the molecule is CCC(C)C(NC(=O)C(Cc1cnc[nH]1)NC(=O)C(C)NC(=O)C(N)CS)C(=O)O. The summed E-state index contributed by atoms with van der Waals surface area (Å²) < 4.78 is 0. The molecule has 7 N–H and O–H groups in total. The zero-order chi connectivity index (χ0) is 22.8. The highest BCUT2D eigenvalue weighted by Gasteiger charge is 2.31. The summed E-state index contributed by atoms with van der Waals surface area (Å²) in [5.41, 5.74) is 6.15. The molecule has 0 aliphatic rings. The average Bonchev–Trinajstić information content (AvgIpc) is 3.22. The molecule has 12 heteroatoms. The van der Waals surface area contributed by atoms with Crippen molar-refractivity contribution in [2.24, 2.45) is 11.7 Å². The Morgan fingerprint density at radius 3 is 2.33 bits per heavy atom. The smallest absolute Gasteiger partial charge is 0.326 e. The van der Waals surface area contributed by atoms with E-state index >= 15 is 0 Å². The maximum Gasteiger partial charge on any atom is 0.326 e. The van der Waals surface area contributed by atoms with Gasteiger partial charge in [-0.3, -0.25) is 14.4 Å². The summed E-state index contributed by atoms with van der Waals surface area (Å²) in [6.45, 7) is 4.98. The van der Waals surface area contributed by atoms with Crippen molar-refractivity contribution in [3.8, 4) is 0 Å². The predicted molar refractivity (Wildman–Crippen MR) is 113 cm³/mol. The van der Waals surface area contributed by atoms with Crippen molar-refractivity contribution in [2.45, 2.75) is 57.8 Å². The quantitative estimate of drug-likeness (QED) is 0.199. The van der Waals surface area contributed by atoms with Crippen LogP contribution in [0.5, 0.6) is 0 Å². The Morgan fingerprint density at radius 1 is 1.17 bits per heavy atom. The maximum absolute atomic E-state index is 12.8. The number of nitrogens with one attached hydrogen (secondary N) is 4. The van der Waals surface area contributed by atoms with Gasteiger partial charge < -0.3 is 31.8 Å². The molecular weight excluding hydrogens is 412 g/mol. The average molecular weight is 443 g/mol. The molecule has 1 heterocycles. The normalized spacial score (nSPS) is 15.9. The first kappa shape index (κ1) is 25.4. The minimum Gasteiger partial charge on any atom is -0.480 e. The summed E-state index contributed by atoms with van der Waals surface area (Å²) in [6.07, 6.45) is 3.52. The lowest BCUT2D eigenvalue weighted by Crippen LogP contribution is -2.57. The molecule has 5 atom stereocenters. The molecule has 0 aliphatic heterocycles. The van der Waals surface area contributed by atoms with Crippen LogP contribution in [0.1, 0.15) is 32.9 Å². The van der Waals surface area contributed by atoms with E-state index in [0.717, 1.165) is 0 Å². The summed E-state index contributed by atoms with van der Waals surface area (Å²) in [6, 6.07) is -4.03. The van der Waals surface area contributed by atoms with E-state index in [0.29, 0.717) is 12.1 Å². The number of rotatable bonds is 12. The molecule has 0 aliphatic carbocycles. The third-order valence-electron chi connectivity index (χ3n) is 4.67. The number of hydrogen-bond acceptors (Lipinski definition) is 7. The van der Waals surface area contributed by atoms with Crippen molar-refractivity contribution < 1.29 is 24.3 Å². The molecule has 0 bridgehead atoms. The Kier molecular flexibility index (Phi) is 10.3. The molecule has 5 unspecified atom stereocenters. The van der Waals surface area contributed by atoms with Crippen LogP contribution in [0.2, 0.25) is 0 Å². The van der Waals surface area contributed by atoms with E-state index in [1.165, 1.54) is 19.4 Å². The standard InChI is InChI=1S/C18H30N6O5S/c1-4-9(2)14(18(28)29)24-17(27)13(5-11-6-20-8-21-11)23-15(25)10(3)22-16(26)12(19)7-30/h6,8-10,12-14,30H,4-5,7,19H2,1-3H3,(H,20,21)(H,22,26)(H,23,25)(H,24,27)(H,28,29). The molecule has 0 spiro atoms. The summed E-state index contributed by atoms with van der Waals surface area (Å²) >= 11 is 3.94. The zero-order valence-corrected chi connectivity index (χ0v) is 18.1. The van der Waals surface area contributed by atoms with Crippen molar-refractivity contribution in [1.82, 2.24) is 25.9 Å². The fraction of sp³-hybridized carbons (Fsp3) is 0.611. The van der Waals surface area contributed by atoms with E-state index in [2.05, 4.69) is 38.5 Å². The van der Waals surface area contributed by atoms with Crippen LogP contribution >= 0.6 is 12.6 Å². The van der Waals surface area contributed by atoms with Gasteiger partial charge in [0.1, 0.15) is 18.1 Å². The summed E-state index contributed by atoms with van der Waals surface area (Å²) in [5.74, 6) is -3.19. The Morgan fingerprint density at radius 2 is 1.83 bits per heavy atom. The molecule has 0 saturated carbocycles. The molecule has 1 rings (SSSR count). The van der Waals surface area contributed by atoms with Crippen molar-refractivity contribution in [3.05, 3.63) is 18.2 Å². The molecule has 0 fully saturated rings. The van der Waals surface area contributed by atoms with E-state index in [1.54, 1.807) is 6.92 Å². The van der Waals surface area contributed by atoms with Crippen LogP contribution in [0.4, 0.5) is 0 Å². The molecule has 0 radical (unpaired) electrons. The van der Waals surface area contributed by atoms with Crippen LogP contribution in [0.25, 0.3) is 0 Å². The highest BCUT2D eigenvalue weighted by atomic mass is 32.1. The van der Waals surface area contributed by atoms with Crippen LogP contribution in [0, 0.1) is 5.92 Å². The minimum atomic E-state index is -1.16. The first-order valence-corrected chi connectivity index (χ1v) is 10.2. The van der Waals surface area contributed by atoms with Gasteiger partial charge in [-0.05, 0) is 12.8 Å². The highest BCUT2D eigenvalue weighted by molar-refractivity contribution is 7.80. The first-order valence-electron chi connectivity index (χ1n) is 9.58. The topological polar surface area (TPSA) is 179 Å². The van der Waals surface area contributed by atoms with Gasteiger partial charge in [0.2, 0.25) is 17.7 Å². The molecule has 168 valence electrons. The number of carboxylic acid groups (broad SMARTS) is 1. The maximum atomic E-state index is 12.8. The van der Waals surface area contributed by atoms with E-state index < -0.39 is 47.9 Å². The molecule has 3 amide bonds. The van der Waals surface area contributed by atoms with Gasteiger partial charge in [0.05, 0.1) is 12.4 Å². The second-order valence-electron chi connectivity index (χ2n) is 7.07. The van der Waals surface area contributed by atoms with Crippen molar-refractivity contribution >= 4 is 36.3 Å². The number of hydrogen-bond donors (Lipinski definition) is 7. The van der Waals surface area contributed by atoms with Gasteiger partial charge in [0.25, 0.3) is 0 Å². The van der Waals surface area contributed by atoms with Crippen molar-refractivity contribution in [3.63, 3.8) is 0 Å². The molecule has 11 nitrogen and oxygen atoms in total. The number of thiol groups is 1. The van der Waals surface area contributed by atoms with E-state index in [-0.39, 0.29) is 18.1 Å². The number of aliphatic carboxylic acids is 1. The van der Waals surface area contributed by atoms with Crippen molar-refractivity contribution in [1.29, 1.82) is 0 Å². The summed E-state index contributed by atoms with van der Waals surface area (Å²) in [5, 5.41) is 16.9. The number of aromatic nitrogens is 2. The molecule has 1 aromatic rings. The highest BCUT2D eigenvalue weighted by Crippen LogP contribution is 2.09. The van der Waals surface area contributed by atoms with Gasteiger partial charge in [-0.1, -0.05) is 20.3 Å². The lowest BCUT2D eigenvalue weighted by atomic mass is 9.98. The van der Waals surface area contributed by atoms with Crippen LogP contribution in [-0.4, -0.2) is 68.7 Å². The second-order valence-corrected chi connectivity index (χ2v) is 7.44. The largest absolute Gasteiger partial charge is 0.480 e. The van der Waals surface area contributed by atoms with Crippen LogP contribution in [0.3, 0.4) is 0 Å². The Bertz CT molecular complexity index is 729. The number of carbonyl (C=O) groups excluding carboxylic acids is 3. The molecular formula is C18H30N6O5S. The first-order chi connectivity index (χ1) is 14.1. The molecule has 30 heavy (non-hydrogen) atoms. The van der Waals surface area contributed by atoms with Crippen molar-refractivity contribution in [2.75, 3.05) is 5.75 Å². The molecule has 0 saturated heterocycles. The number of nitrogens with two attached hydrogens (primary N) is 1. The Labute approximate surface area is 180 Å².